The summed E-state index contributed by atoms with van der Waals surface area (Å²) in [6.45, 7) is 2.10. The van der Waals surface area contributed by atoms with E-state index in [-0.39, 0.29) is 11.5 Å². The minimum atomic E-state index is -0.311. The number of carbonyl (C=O) groups excluding carboxylic acids is 1. The monoisotopic (exact) mass is 409 g/mol. The van der Waals surface area contributed by atoms with Gasteiger partial charge in [0.1, 0.15) is 11.5 Å². The van der Waals surface area contributed by atoms with E-state index in [0.717, 1.165) is 35.5 Å². The number of thiophene rings is 1. The van der Waals surface area contributed by atoms with Crippen LogP contribution >= 0.6 is 11.3 Å². The largest absolute Gasteiger partial charge is 0.382 e. The molecule has 1 amide bonds. The van der Waals surface area contributed by atoms with Crippen LogP contribution in [0.15, 0.2) is 36.8 Å². The Balaban J connectivity index is 1.39. The average Bonchev–Trinajstić information content (AvgIpc) is 3.36. The average molecular weight is 410 g/mol. The number of amides is 1. The standard InChI is InChI=1S/C21H23N5O2S/c1-25-7-2-3-16(25)20(27)26-8-5-21(6-9-26)14-11-18(29-17(14)4-10-28-21)15-12-24-19(22)13-23-15/h2-3,7,11-13H,4-6,8-10H2,1H3,(H2,22,24). The van der Waals surface area contributed by atoms with Gasteiger partial charge in [0.2, 0.25) is 0 Å². The van der Waals surface area contributed by atoms with Crippen molar-refractivity contribution in [3.8, 4) is 10.6 Å². The van der Waals surface area contributed by atoms with Gasteiger partial charge in [0.25, 0.3) is 5.91 Å². The summed E-state index contributed by atoms with van der Waals surface area (Å²) in [5.41, 5.74) is 8.18. The van der Waals surface area contributed by atoms with Gasteiger partial charge in [-0.05, 0) is 36.6 Å². The minimum absolute atomic E-state index is 0.0894. The Labute approximate surface area is 173 Å². The molecule has 5 heterocycles. The minimum Gasteiger partial charge on any atom is -0.382 e. The Morgan fingerprint density at radius 3 is 2.79 bits per heavy atom. The molecular weight excluding hydrogens is 386 g/mol. The molecule has 0 aliphatic carbocycles. The molecule has 2 N–H and O–H groups in total. The van der Waals surface area contributed by atoms with Crippen molar-refractivity contribution in [1.29, 1.82) is 0 Å². The molecule has 3 aromatic heterocycles. The second-order valence-electron chi connectivity index (χ2n) is 7.66. The summed E-state index contributed by atoms with van der Waals surface area (Å²) in [4.78, 5) is 25.8. The lowest BCUT2D eigenvalue weighted by Crippen LogP contribution is -2.48. The number of aromatic nitrogens is 3. The third-order valence-corrected chi connectivity index (χ3v) is 7.17. The van der Waals surface area contributed by atoms with E-state index in [0.29, 0.717) is 25.5 Å². The molecule has 0 unspecified atom stereocenters. The molecule has 2 aliphatic rings. The van der Waals surface area contributed by atoms with E-state index in [1.807, 2.05) is 34.8 Å². The number of nitrogen functional groups attached to an aromatic ring is 1. The van der Waals surface area contributed by atoms with Crippen LogP contribution in [0, 0.1) is 0 Å². The second kappa shape index (κ2) is 6.96. The molecule has 8 heteroatoms. The molecule has 1 spiro atoms. The predicted octanol–water partition coefficient (Wildman–Crippen LogP) is 2.83. The third-order valence-electron chi connectivity index (χ3n) is 5.95. The summed E-state index contributed by atoms with van der Waals surface area (Å²) in [6, 6.07) is 5.98. The van der Waals surface area contributed by atoms with Crippen molar-refractivity contribution in [3.63, 3.8) is 0 Å². The van der Waals surface area contributed by atoms with E-state index >= 15 is 0 Å². The number of nitrogens with zero attached hydrogens (tertiary/aromatic N) is 4. The van der Waals surface area contributed by atoms with Crippen LogP contribution in [0.2, 0.25) is 0 Å². The molecule has 29 heavy (non-hydrogen) atoms. The predicted molar refractivity (Wildman–Crippen MR) is 112 cm³/mol. The Kier molecular flexibility index (Phi) is 4.40. The van der Waals surface area contributed by atoms with Gasteiger partial charge in [0.05, 0.1) is 35.2 Å². The first-order valence-electron chi connectivity index (χ1n) is 9.81. The first kappa shape index (κ1) is 18.3. The molecule has 7 nitrogen and oxygen atoms in total. The van der Waals surface area contributed by atoms with Gasteiger partial charge >= 0.3 is 0 Å². The fourth-order valence-electron chi connectivity index (χ4n) is 4.34. The zero-order valence-corrected chi connectivity index (χ0v) is 17.1. The summed E-state index contributed by atoms with van der Waals surface area (Å²) >= 11 is 1.76. The van der Waals surface area contributed by atoms with Crippen molar-refractivity contribution >= 4 is 23.1 Å². The maximum Gasteiger partial charge on any atom is 0.270 e. The lowest BCUT2D eigenvalue weighted by atomic mass is 9.82. The van der Waals surface area contributed by atoms with Gasteiger partial charge in [-0.3, -0.25) is 4.79 Å². The zero-order valence-electron chi connectivity index (χ0n) is 16.3. The second-order valence-corrected chi connectivity index (χ2v) is 8.80. The summed E-state index contributed by atoms with van der Waals surface area (Å²) in [5.74, 6) is 0.511. The number of rotatable bonds is 2. The summed E-state index contributed by atoms with van der Waals surface area (Å²) in [7, 11) is 1.90. The highest BCUT2D eigenvalue weighted by atomic mass is 32.1. The molecule has 0 aromatic carbocycles. The van der Waals surface area contributed by atoms with E-state index in [4.69, 9.17) is 10.5 Å². The fraction of sp³-hybridized carbons (Fsp3) is 0.381. The molecule has 1 fully saturated rings. The summed E-state index contributed by atoms with van der Waals surface area (Å²) in [6.07, 6.45) is 7.74. The Bertz CT molecular complexity index is 1050. The number of carbonyl (C=O) groups is 1. The van der Waals surface area contributed by atoms with E-state index in [9.17, 15) is 4.79 Å². The van der Waals surface area contributed by atoms with Crippen LogP contribution in [0.3, 0.4) is 0 Å². The van der Waals surface area contributed by atoms with Crippen molar-refractivity contribution in [2.45, 2.75) is 24.9 Å². The highest BCUT2D eigenvalue weighted by Crippen LogP contribution is 2.46. The molecule has 0 atom stereocenters. The van der Waals surface area contributed by atoms with Crippen molar-refractivity contribution in [1.82, 2.24) is 19.4 Å². The van der Waals surface area contributed by atoms with E-state index in [1.54, 1.807) is 23.7 Å². The van der Waals surface area contributed by atoms with E-state index in [1.165, 1.54) is 10.4 Å². The van der Waals surface area contributed by atoms with Gasteiger partial charge in [-0.1, -0.05) is 0 Å². The Morgan fingerprint density at radius 1 is 1.28 bits per heavy atom. The van der Waals surface area contributed by atoms with E-state index in [2.05, 4.69) is 16.0 Å². The SMILES string of the molecule is Cn1cccc1C(=O)N1CCC2(CC1)OCCc1sc(-c3cnc(N)cn3)cc12. The van der Waals surface area contributed by atoms with Crippen molar-refractivity contribution < 1.29 is 9.53 Å². The molecule has 0 bridgehead atoms. The van der Waals surface area contributed by atoms with Gasteiger partial charge in [0, 0.05) is 37.6 Å². The van der Waals surface area contributed by atoms with Gasteiger partial charge in [-0.15, -0.1) is 11.3 Å². The topological polar surface area (TPSA) is 86.3 Å². The summed E-state index contributed by atoms with van der Waals surface area (Å²) < 4.78 is 8.23. The number of hydrogen-bond acceptors (Lipinski definition) is 6. The highest BCUT2D eigenvalue weighted by Gasteiger charge is 2.43. The smallest absolute Gasteiger partial charge is 0.270 e. The molecule has 1 saturated heterocycles. The van der Waals surface area contributed by atoms with Crippen molar-refractivity contribution in [2.24, 2.45) is 7.05 Å². The number of ether oxygens (including phenoxy) is 1. The number of piperidine rings is 1. The number of anilines is 1. The van der Waals surface area contributed by atoms with Crippen LogP contribution in [0.4, 0.5) is 5.82 Å². The molecular formula is C21H23N5O2S. The van der Waals surface area contributed by atoms with Gasteiger partial charge in [0.15, 0.2) is 0 Å². The number of fused-ring (bicyclic) bond motifs is 2. The first-order chi connectivity index (χ1) is 14.1. The molecule has 5 rings (SSSR count). The maximum absolute atomic E-state index is 12.9. The fourth-order valence-corrected chi connectivity index (χ4v) is 5.53. The number of hydrogen-bond donors (Lipinski definition) is 1. The van der Waals surface area contributed by atoms with Crippen LogP contribution in [0.5, 0.6) is 0 Å². The molecule has 2 aliphatic heterocycles. The van der Waals surface area contributed by atoms with Gasteiger partial charge < -0.3 is 19.9 Å². The van der Waals surface area contributed by atoms with Crippen LogP contribution < -0.4 is 5.73 Å². The lowest BCUT2D eigenvalue weighted by molar-refractivity contribution is -0.0926. The Hall–Kier alpha value is -2.71. The number of aryl methyl sites for hydroxylation is 1. The quantitative estimate of drug-likeness (QED) is 0.703. The highest BCUT2D eigenvalue weighted by molar-refractivity contribution is 7.15. The van der Waals surface area contributed by atoms with Crippen LogP contribution in [0.1, 0.15) is 33.8 Å². The number of nitrogens with two attached hydrogens (primary N) is 1. The van der Waals surface area contributed by atoms with Gasteiger partial charge in [-0.2, -0.15) is 0 Å². The maximum atomic E-state index is 12.9. The Morgan fingerprint density at radius 2 is 2.10 bits per heavy atom. The van der Waals surface area contributed by atoms with Crippen molar-refractivity contribution in [2.75, 3.05) is 25.4 Å². The van der Waals surface area contributed by atoms with Gasteiger partial charge in [-0.25, -0.2) is 9.97 Å². The van der Waals surface area contributed by atoms with Crippen LogP contribution in [-0.2, 0) is 23.8 Å². The molecule has 3 aromatic rings. The van der Waals surface area contributed by atoms with E-state index < -0.39 is 0 Å². The zero-order chi connectivity index (χ0) is 20.0. The van der Waals surface area contributed by atoms with Crippen LogP contribution in [-0.4, -0.2) is 45.0 Å². The molecule has 0 radical (unpaired) electrons. The number of likely N-dealkylation sites (tertiary alicyclic amines) is 1. The van der Waals surface area contributed by atoms with Crippen LogP contribution in [0.25, 0.3) is 10.6 Å². The lowest BCUT2D eigenvalue weighted by Gasteiger charge is -2.44. The molecule has 0 saturated carbocycles. The first-order valence-corrected chi connectivity index (χ1v) is 10.6. The summed E-state index contributed by atoms with van der Waals surface area (Å²) in [5, 5.41) is 0. The third kappa shape index (κ3) is 3.12. The normalized spacial score (nSPS) is 18.0. The molecule has 150 valence electrons. The van der Waals surface area contributed by atoms with Crippen molar-refractivity contribution in [3.05, 3.63) is 52.9 Å².